The minimum Gasteiger partial charge on any atom is -0.371 e. The Morgan fingerprint density at radius 2 is 2.06 bits per heavy atom. The molecule has 2 saturated heterocycles. The van der Waals surface area contributed by atoms with E-state index >= 15 is 0 Å². The average Bonchev–Trinajstić information content (AvgIpc) is 3.18. The minimum atomic E-state index is 0.159. The molecule has 2 heterocycles. The van der Waals surface area contributed by atoms with Gasteiger partial charge in [0, 0.05) is 38.5 Å². The molecule has 0 radical (unpaired) electrons. The van der Waals surface area contributed by atoms with Crippen LogP contribution < -0.4 is 0 Å². The van der Waals surface area contributed by atoms with Crippen LogP contribution in [0.25, 0.3) is 0 Å². The zero-order valence-corrected chi connectivity index (χ0v) is 9.93. The Morgan fingerprint density at radius 3 is 2.71 bits per heavy atom. The summed E-state index contributed by atoms with van der Waals surface area (Å²) >= 11 is 0. The first-order chi connectivity index (χ1) is 8.24. The molecule has 1 aliphatic carbocycles. The second-order valence-electron chi connectivity index (χ2n) is 5.14. The van der Waals surface area contributed by atoms with Crippen LogP contribution in [0.3, 0.4) is 0 Å². The van der Waals surface area contributed by atoms with Gasteiger partial charge < -0.3 is 14.5 Å². The lowest BCUT2D eigenvalue weighted by atomic mass is 10.3. The van der Waals surface area contributed by atoms with E-state index in [4.69, 9.17) is 4.74 Å². The Kier molecular flexibility index (Phi) is 2.78. The van der Waals surface area contributed by atoms with E-state index in [1.54, 1.807) is 0 Å². The molecule has 0 unspecified atom stereocenters. The second-order valence-corrected chi connectivity index (χ2v) is 5.14. The van der Waals surface area contributed by atoms with Crippen molar-refractivity contribution in [2.45, 2.75) is 25.4 Å². The molecule has 2 aliphatic heterocycles. The van der Waals surface area contributed by atoms with Gasteiger partial charge in [-0.15, -0.1) is 0 Å². The van der Waals surface area contributed by atoms with Crippen LogP contribution in [0.5, 0.6) is 0 Å². The third-order valence-corrected chi connectivity index (χ3v) is 3.65. The van der Waals surface area contributed by atoms with Crippen LogP contribution in [0.15, 0.2) is 0 Å². The number of carbonyl (C=O) groups is 2. The van der Waals surface area contributed by atoms with Crippen LogP contribution in [0.4, 0.5) is 0 Å². The van der Waals surface area contributed by atoms with Gasteiger partial charge in [0.2, 0.25) is 11.8 Å². The smallest absolute Gasteiger partial charge is 0.225 e. The summed E-state index contributed by atoms with van der Waals surface area (Å²) in [5, 5.41) is 0. The van der Waals surface area contributed by atoms with Crippen molar-refractivity contribution in [3.63, 3.8) is 0 Å². The Morgan fingerprint density at radius 1 is 1.29 bits per heavy atom. The Bertz CT molecular complexity index is 337. The molecule has 17 heavy (non-hydrogen) atoms. The summed E-state index contributed by atoms with van der Waals surface area (Å²) in [7, 11) is 0. The highest BCUT2D eigenvalue weighted by Crippen LogP contribution is 2.31. The molecule has 2 amide bonds. The number of amides is 2. The van der Waals surface area contributed by atoms with Gasteiger partial charge in [-0.25, -0.2) is 0 Å². The van der Waals surface area contributed by atoms with Gasteiger partial charge in [-0.2, -0.15) is 0 Å². The summed E-state index contributed by atoms with van der Waals surface area (Å²) in [6.07, 6.45) is 2.77. The SMILES string of the molecule is O=C1CCN(C(=O)C2CC2)CCN1C[C@@H]1CO1. The third kappa shape index (κ3) is 2.60. The topological polar surface area (TPSA) is 53.2 Å². The Balaban J connectivity index is 1.57. The second kappa shape index (κ2) is 4.29. The van der Waals surface area contributed by atoms with Gasteiger partial charge in [0.15, 0.2) is 0 Å². The maximum atomic E-state index is 11.9. The molecule has 0 bridgehead atoms. The van der Waals surface area contributed by atoms with Crippen molar-refractivity contribution in [3.8, 4) is 0 Å². The summed E-state index contributed by atoms with van der Waals surface area (Å²) < 4.78 is 5.15. The van der Waals surface area contributed by atoms with E-state index in [0.29, 0.717) is 32.6 Å². The molecule has 5 heteroatoms. The molecule has 0 aromatic rings. The fourth-order valence-electron chi connectivity index (χ4n) is 2.29. The molecule has 0 N–H and O–H groups in total. The fourth-order valence-corrected chi connectivity index (χ4v) is 2.29. The lowest BCUT2D eigenvalue weighted by molar-refractivity contribution is -0.132. The van der Waals surface area contributed by atoms with Gasteiger partial charge in [-0.1, -0.05) is 0 Å². The standard InChI is InChI=1S/C12H18N2O3/c15-11-3-4-13(12(16)9-1-2-9)5-6-14(11)7-10-8-17-10/h9-10H,1-8H2/t10-/m1/s1. The molecule has 1 atom stereocenters. The first kappa shape index (κ1) is 11.0. The van der Waals surface area contributed by atoms with E-state index in [0.717, 1.165) is 19.4 Å². The number of hydrogen-bond acceptors (Lipinski definition) is 3. The molecular weight excluding hydrogens is 220 g/mol. The van der Waals surface area contributed by atoms with Crippen LogP contribution in [-0.2, 0) is 14.3 Å². The van der Waals surface area contributed by atoms with Crippen LogP contribution in [-0.4, -0.2) is 60.5 Å². The van der Waals surface area contributed by atoms with Crippen molar-refractivity contribution < 1.29 is 14.3 Å². The van der Waals surface area contributed by atoms with Crippen LogP contribution in [0.1, 0.15) is 19.3 Å². The summed E-state index contributed by atoms with van der Waals surface area (Å²) in [5.74, 6) is 0.664. The molecule has 5 nitrogen and oxygen atoms in total. The average molecular weight is 238 g/mol. The lowest BCUT2D eigenvalue weighted by Gasteiger charge is -2.21. The monoisotopic (exact) mass is 238 g/mol. The fraction of sp³-hybridized carbons (Fsp3) is 0.833. The molecule has 0 aromatic carbocycles. The minimum absolute atomic E-state index is 0.159. The first-order valence-corrected chi connectivity index (χ1v) is 6.42. The summed E-state index contributed by atoms with van der Waals surface area (Å²) in [5.41, 5.74) is 0. The Hall–Kier alpha value is -1.10. The molecular formula is C12H18N2O3. The molecule has 0 spiro atoms. The van der Waals surface area contributed by atoms with Gasteiger partial charge >= 0.3 is 0 Å². The van der Waals surface area contributed by atoms with Gasteiger partial charge in [0.25, 0.3) is 0 Å². The van der Waals surface area contributed by atoms with Gasteiger partial charge in [-0.3, -0.25) is 9.59 Å². The number of nitrogens with zero attached hydrogens (tertiary/aromatic N) is 2. The van der Waals surface area contributed by atoms with Crippen LogP contribution >= 0.6 is 0 Å². The molecule has 3 rings (SSSR count). The quantitative estimate of drug-likeness (QED) is 0.643. The van der Waals surface area contributed by atoms with E-state index < -0.39 is 0 Å². The van der Waals surface area contributed by atoms with Crippen molar-refractivity contribution in [3.05, 3.63) is 0 Å². The van der Waals surface area contributed by atoms with E-state index in [9.17, 15) is 9.59 Å². The van der Waals surface area contributed by atoms with Crippen molar-refractivity contribution in [2.75, 3.05) is 32.8 Å². The normalized spacial score (nSPS) is 29.2. The first-order valence-electron chi connectivity index (χ1n) is 6.42. The molecule has 94 valence electrons. The predicted octanol–water partition coefficient (Wildman–Crippen LogP) is -0.144. The Labute approximate surface area is 101 Å². The number of hydrogen-bond donors (Lipinski definition) is 0. The van der Waals surface area contributed by atoms with Crippen LogP contribution in [0.2, 0.25) is 0 Å². The van der Waals surface area contributed by atoms with E-state index in [2.05, 4.69) is 0 Å². The van der Waals surface area contributed by atoms with E-state index in [1.165, 1.54) is 0 Å². The number of rotatable bonds is 3. The highest BCUT2D eigenvalue weighted by Gasteiger charge is 2.35. The summed E-state index contributed by atoms with van der Waals surface area (Å²) in [6.45, 7) is 3.42. The number of carbonyl (C=O) groups excluding carboxylic acids is 2. The van der Waals surface area contributed by atoms with E-state index in [-0.39, 0.29) is 23.8 Å². The molecule has 3 fully saturated rings. The largest absolute Gasteiger partial charge is 0.371 e. The maximum Gasteiger partial charge on any atom is 0.225 e. The highest BCUT2D eigenvalue weighted by atomic mass is 16.6. The zero-order valence-electron chi connectivity index (χ0n) is 9.93. The third-order valence-electron chi connectivity index (χ3n) is 3.65. The van der Waals surface area contributed by atoms with Gasteiger partial charge in [0.1, 0.15) is 0 Å². The summed E-state index contributed by atoms with van der Waals surface area (Å²) in [6, 6.07) is 0. The van der Waals surface area contributed by atoms with Gasteiger partial charge in [-0.05, 0) is 12.8 Å². The molecule has 1 saturated carbocycles. The van der Waals surface area contributed by atoms with Gasteiger partial charge in [0.05, 0.1) is 12.7 Å². The van der Waals surface area contributed by atoms with Crippen LogP contribution in [0, 0.1) is 5.92 Å². The molecule has 3 aliphatic rings. The zero-order chi connectivity index (χ0) is 11.8. The predicted molar refractivity (Wildman–Crippen MR) is 60.2 cm³/mol. The highest BCUT2D eigenvalue weighted by molar-refractivity contribution is 5.83. The lowest BCUT2D eigenvalue weighted by Crippen LogP contribution is -2.38. The maximum absolute atomic E-state index is 11.9. The van der Waals surface area contributed by atoms with Crippen molar-refractivity contribution in [1.29, 1.82) is 0 Å². The number of ether oxygens (including phenoxy) is 1. The summed E-state index contributed by atoms with van der Waals surface area (Å²) in [4.78, 5) is 27.5. The van der Waals surface area contributed by atoms with Crippen molar-refractivity contribution in [2.24, 2.45) is 5.92 Å². The molecule has 0 aromatic heterocycles. The number of epoxide rings is 1. The van der Waals surface area contributed by atoms with Crippen molar-refractivity contribution in [1.82, 2.24) is 9.80 Å². The van der Waals surface area contributed by atoms with E-state index in [1.807, 2.05) is 9.80 Å². The van der Waals surface area contributed by atoms with Crippen molar-refractivity contribution >= 4 is 11.8 Å².